The van der Waals surface area contributed by atoms with Crippen LogP contribution in [0.3, 0.4) is 0 Å². The molecule has 2 aliphatic rings. The van der Waals surface area contributed by atoms with Crippen molar-refractivity contribution in [2.45, 2.75) is 64.4 Å². The largest absolute Gasteiger partial charge is 0.445 e. The molecule has 2 atom stereocenters. The van der Waals surface area contributed by atoms with Crippen LogP contribution < -0.4 is 5.32 Å². The number of benzene rings is 1. The molecule has 1 aromatic carbocycles. The number of nitrogens with one attached hydrogen (secondary N) is 1. The summed E-state index contributed by atoms with van der Waals surface area (Å²) in [6, 6.07) is 2.59. The van der Waals surface area contributed by atoms with Crippen molar-refractivity contribution in [3.63, 3.8) is 0 Å². The minimum absolute atomic E-state index is 0.0159. The highest BCUT2D eigenvalue weighted by atomic mass is 19.4. The summed E-state index contributed by atoms with van der Waals surface area (Å²) in [5.41, 5.74) is -2.60. The van der Waals surface area contributed by atoms with Gasteiger partial charge in [-0.2, -0.15) is 31.4 Å². The van der Waals surface area contributed by atoms with E-state index in [2.05, 4.69) is 10.4 Å². The fraction of sp³-hybridized carbons (Fsp3) is 0.542. The molecule has 0 radical (unpaired) electrons. The molecule has 0 bridgehead atoms. The van der Waals surface area contributed by atoms with Crippen molar-refractivity contribution in [1.29, 1.82) is 0 Å². The van der Waals surface area contributed by atoms with Gasteiger partial charge in [0.1, 0.15) is 6.61 Å². The normalized spacial score (nSPS) is 20.6. The highest BCUT2D eigenvalue weighted by molar-refractivity contribution is 5.93. The van der Waals surface area contributed by atoms with Gasteiger partial charge in [0.25, 0.3) is 5.91 Å². The van der Waals surface area contributed by atoms with E-state index >= 15 is 0 Å². The first kappa shape index (κ1) is 27.7. The monoisotopic (exact) mass is 547 g/mol. The van der Waals surface area contributed by atoms with Crippen molar-refractivity contribution in [3.05, 3.63) is 52.3 Å². The van der Waals surface area contributed by atoms with Crippen LogP contribution in [0.4, 0.5) is 31.1 Å². The minimum atomic E-state index is -5.00. The number of carbonyl (C=O) groups excluding carboxylic acids is 2. The molecule has 1 saturated heterocycles. The lowest BCUT2D eigenvalue weighted by Crippen LogP contribution is -2.57. The molecule has 1 aromatic heterocycles. The van der Waals surface area contributed by atoms with E-state index in [9.17, 15) is 35.9 Å². The van der Waals surface area contributed by atoms with Crippen molar-refractivity contribution >= 4 is 12.0 Å². The number of aryl methyl sites for hydroxylation is 1. The summed E-state index contributed by atoms with van der Waals surface area (Å²) in [7, 11) is 0. The standard InChI is InChI=1S/C24H27F6N5O3/c1-14-10-31-11-15(2)35(14)21(36)20-9-19-12-33(4-3-5-34(19)32-20)22(37)38-13-16-6-17(23(25,26)27)8-18(7-16)24(28,29)30/h6-9,14-15,31H,3-5,10-13H2,1-2H3/t14-,15-/m0/s1. The van der Waals surface area contributed by atoms with Crippen LogP contribution in [0.1, 0.15) is 53.1 Å². The third-order valence-electron chi connectivity index (χ3n) is 6.56. The van der Waals surface area contributed by atoms with Gasteiger partial charge in [-0.25, -0.2) is 4.79 Å². The second-order valence-electron chi connectivity index (χ2n) is 9.56. The second-order valence-corrected chi connectivity index (χ2v) is 9.56. The molecule has 2 aliphatic heterocycles. The van der Waals surface area contributed by atoms with Crippen LogP contribution >= 0.6 is 0 Å². The molecule has 0 aliphatic carbocycles. The van der Waals surface area contributed by atoms with Crippen LogP contribution in [0.15, 0.2) is 24.3 Å². The molecule has 3 heterocycles. The molecule has 1 fully saturated rings. The first-order chi connectivity index (χ1) is 17.7. The molecule has 208 valence electrons. The quantitative estimate of drug-likeness (QED) is 0.581. The molecule has 0 saturated carbocycles. The number of fused-ring (bicyclic) bond motifs is 1. The van der Waals surface area contributed by atoms with Gasteiger partial charge in [-0.05, 0) is 50.1 Å². The van der Waals surface area contributed by atoms with Gasteiger partial charge >= 0.3 is 18.4 Å². The zero-order valence-corrected chi connectivity index (χ0v) is 20.7. The number of ether oxygens (including phenoxy) is 1. The van der Waals surface area contributed by atoms with Gasteiger partial charge in [-0.1, -0.05) is 0 Å². The van der Waals surface area contributed by atoms with Crippen molar-refractivity contribution in [1.82, 2.24) is 24.9 Å². The van der Waals surface area contributed by atoms with Gasteiger partial charge in [0.15, 0.2) is 5.69 Å². The van der Waals surface area contributed by atoms with Gasteiger partial charge in [-0.3, -0.25) is 9.48 Å². The van der Waals surface area contributed by atoms with Crippen molar-refractivity contribution in [2.75, 3.05) is 19.6 Å². The van der Waals surface area contributed by atoms with Gasteiger partial charge in [0.2, 0.25) is 0 Å². The number of piperazine rings is 1. The molecule has 38 heavy (non-hydrogen) atoms. The molecule has 0 spiro atoms. The maximum absolute atomic E-state index is 13.2. The molecule has 2 aromatic rings. The summed E-state index contributed by atoms with van der Waals surface area (Å²) in [5.74, 6) is -0.230. The van der Waals surface area contributed by atoms with Crippen LogP contribution in [0.5, 0.6) is 0 Å². The first-order valence-electron chi connectivity index (χ1n) is 12.0. The average Bonchev–Trinajstić information content (AvgIpc) is 3.12. The summed E-state index contributed by atoms with van der Waals surface area (Å²) < 4.78 is 85.4. The van der Waals surface area contributed by atoms with E-state index in [1.165, 1.54) is 4.90 Å². The zero-order chi connectivity index (χ0) is 27.8. The average molecular weight is 548 g/mol. The first-order valence-corrected chi connectivity index (χ1v) is 12.0. The third-order valence-corrected chi connectivity index (χ3v) is 6.56. The van der Waals surface area contributed by atoms with Crippen LogP contribution in [0.2, 0.25) is 0 Å². The minimum Gasteiger partial charge on any atom is -0.445 e. The van der Waals surface area contributed by atoms with E-state index in [1.54, 1.807) is 15.6 Å². The van der Waals surface area contributed by atoms with E-state index in [-0.39, 0.29) is 42.8 Å². The zero-order valence-electron chi connectivity index (χ0n) is 20.7. The molecule has 2 amide bonds. The molecular weight excluding hydrogens is 520 g/mol. The Kier molecular flexibility index (Phi) is 7.64. The van der Waals surface area contributed by atoms with Gasteiger partial charge in [-0.15, -0.1) is 0 Å². The summed E-state index contributed by atoms with van der Waals surface area (Å²) >= 11 is 0. The smallest absolute Gasteiger partial charge is 0.416 e. The Hall–Kier alpha value is -3.29. The predicted octanol–water partition coefficient (Wildman–Crippen LogP) is 4.29. The van der Waals surface area contributed by atoms with Gasteiger partial charge < -0.3 is 19.9 Å². The molecule has 1 N–H and O–H groups in total. The Morgan fingerprint density at radius 1 is 0.974 bits per heavy atom. The van der Waals surface area contributed by atoms with Crippen LogP contribution in [-0.2, 0) is 36.8 Å². The summed E-state index contributed by atoms with van der Waals surface area (Å²) in [5, 5.41) is 7.67. The second kappa shape index (κ2) is 10.5. The fourth-order valence-electron chi connectivity index (χ4n) is 4.73. The summed E-state index contributed by atoms with van der Waals surface area (Å²) in [6.07, 6.45) is -10.4. The number of halogens is 6. The molecular formula is C24H27F6N5O3. The van der Waals surface area contributed by atoms with E-state index in [1.807, 2.05) is 13.8 Å². The predicted molar refractivity (Wildman–Crippen MR) is 122 cm³/mol. The number of carbonyl (C=O) groups is 2. The van der Waals surface area contributed by atoms with Crippen molar-refractivity contribution in [2.24, 2.45) is 0 Å². The Bertz CT molecular complexity index is 1150. The number of alkyl halides is 6. The molecule has 0 unspecified atom stereocenters. The van der Waals surface area contributed by atoms with E-state index in [0.717, 1.165) is 0 Å². The lowest BCUT2D eigenvalue weighted by molar-refractivity contribution is -0.143. The third kappa shape index (κ3) is 6.05. The fourth-order valence-corrected chi connectivity index (χ4v) is 4.73. The highest BCUT2D eigenvalue weighted by Crippen LogP contribution is 2.36. The number of aromatic nitrogens is 2. The van der Waals surface area contributed by atoms with Crippen molar-refractivity contribution in [3.8, 4) is 0 Å². The maximum Gasteiger partial charge on any atom is 0.416 e. The van der Waals surface area contributed by atoms with Crippen LogP contribution in [0.25, 0.3) is 0 Å². The van der Waals surface area contributed by atoms with Gasteiger partial charge in [0.05, 0.1) is 23.4 Å². The SMILES string of the molecule is C[C@H]1CNC[C@H](C)N1C(=O)c1cc2n(n1)CCCN(C(=O)OCc1cc(C(F)(F)F)cc(C(F)(F)F)c1)C2. The number of hydrogen-bond donors (Lipinski definition) is 1. The van der Waals surface area contributed by atoms with E-state index in [0.29, 0.717) is 43.9 Å². The molecule has 14 heteroatoms. The number of nitrogens with zero attached hydrogens (tertiary/aromatic N) is 4. The Morgan fingerprint density at radius 3 is 2.16 bits per heavy atom. The Balaban J connectivity index is 1.46. The topological polar surface area (TPSA) is 79.7 Å². The van der Waals surface area contributed by atoms with Crippen molar-refractivity contribution < 1.29 is 40.7 Å². The number of amides is 2. The summed E-state index contributed by atoms with van der Waals surface area (Å²) in [6.45, 7) is 5.06. The van der Waals surface area contributed by atoms with Crippen LogP contribution in [0, 0.1) is 0 Å². The Labute approximate surface area is 214 Å². The maximum atomic E-state index is 13.2. The lowest BCUT2D eigenvalue weighted by atomic mass is 10.1. The number of hydrogen-bond acceptors (Lipinski definition) is 5. The highest BCUT2D eigenvalue weighted by Gasteiger charge is 2.37. The van der Waals surface area contributed by atoms with E-state index in [4.69, 9.17) is 4.74 Å². The number of rotatable bonds is 3. The van der Waals surface area contributed by atoms with Gasteiger partial charge in [0, 0.05) is 38.3 Å². The molecule has 4 rings (SSSR count). The lowest BCUT2D eigenvalue weighted by Gasteiger charge is -2.39. The molecule has 8 nitrogen and oxygen atoms in total. The van der Waals surface area contributed by atoms with E-state index < -0.39 is 41.7 Å². The Morgan fingerprint density at radius 2 is 1.58 bits per heavy atom. The summed E-state index contributed by atoms with van der Waals surface area (Å²) in [4.78, 5) is 28.9. The van der Waals surface area contributed by atoms with Crippen LogP contribution in [-0.4, -0.2) is 63.3 Å².